The Kier molecular flexibility index (Phi) is 3.41. The van der Waals surface area contributed by atoms with E-state index in [9.17, 15) is 0 Å². The molecule has 100 valence electrons. The number of para-hydroxylation sites is 1. The number of rotatable bonds is 4. The van der Waals surface area contributed by atoms with Gasteiger partial charge in [0.25, 0.3) is 0 Å². The van der Waals surface area contributed by atoms with E-state index in [1.165, 1.54) is 0 Å². The van der Waals surface area contributed by atoms with Crippen molar-refractivity contribution in [1.82, 2.24) is 15.0 Å². The van der Waals surface area contributed by atoms with Crippen molar-refractivity contribution in [2.45, 2.75) is 6.92 Å². The Morgan fingerprint density at radius 3 is 2.80 bits per heavy atom. The first-order chi connectivity index (χ1) is 9.86. The van der Waals surface area contributed by atoms with Crippen molar-refractivity contribution in [3.05, 3.63) is 48.8 Å². The molecular weight excluding hydrogens is 250 g/mol. The molecule has 0 spiro atoms. The van der Waals surface area contributed by atoms with Crippen LogP contribution in [0.15, 0.2) is 48.8 Å². The highest BCUT2D eigenvalue weighted by atomic mass is 15.1. The van der Waals surface area contributed by atoms with Gasteiger partial charge in [-0.05, 0) is 25.1 Å². The van der Waals surface area contributed by atoms with Crippen molar-refractivity contribution in [2.75, 3.05) is 17.2 Å². The van der Waals surface area contributed by atoms with Crippen molar-refractivity contribution in [1.29, 1.82) is 0 Å². The normalized spacial score (nSPS) is 10.4. The molecule has 0 radical (unpaired) electrons. The number of nitrogens with zero attached hydrogens (tertiary/aromatic N) is 3. The molecule has 0 aliphatic rings. The van der Waals surface area contributed by atoms with Gasteiger partial charge in [0.05, 0.1) is 11.2 Å². The van der Waals surface area contributed by atoms with E-state index in [4.69, 9.17) is 0 Å². The summed E-state index contributed by atoms with van der Waals surface area (Å²) in [6.45, 7) is 2.80. The van der Waals surface area contributed by atoms with Crippen LogP contribution >= 0.6 is 0 Å². The third-order valence-corrected chi connectivity index (χ3v) is 2.89. The van der Waals surface area contributed by atoms with Gasteiger partial charge in [-0.1, -0.05) is 18.2 Å². The molecule has 5 heteroatoms. The number of aromatic nitrogens is 3. The summed E-state index contributed by atoms with van der Waals surface area (Å²) in [5.74, 6) is 1.36. The van der Waals surface area contributed by atoms with Crippen LogP contribution in [0, 0.1) is 0 Å². The lowest BCUT2D eigenvalue weighted by Crippen LogP contribution is -2.03. The lowest BCUT2D eigenvalue weighted by molar-refractivity contribution is 1.09. The molecule has 1 aromatic carbocycles. The van der Waals surface area contributed by atoms with Gasteiger partial charge in [0, 0.05) is 24.3 Å². The number of hydrogen-bond acceptors (Lipinski definition) is 5. The fraction of sp³-hybridized carbons (Fsp3) is 0.133. The van der Waals surface area contributed by atoms with Crippen LogP contribution < -0.4 is 10.6 Å². The van der Waals surface area contributed by atoms with Gasteiger partial charge >= 0.3 is 0 Å². The molecule has 3 rings (SSSR count). The number of fused-ring (bicyclic) bond motifs is 1. The maximum absolute atomic E-state index is 4.41. The molecule has 0 aliphatic heterocycles. The van der Waals surface area contributed by atoms with Crippen molar-refractivity contribution in [3.8, 4) is 0 Å². The minimum atomic E-state index is 0.616. The fourth-order valence-electron chi connectivity index (χ4n) is 2.01. The number of benzene rings is 1. The molecule has 2 aromatic heterocycles. The minimum absolute atomic E-state index is 0.616. The van der Waals surface area contributed by atoms with Gasteiger partial charge in [0.2, 0.25) is 5.95 Å². The van der Waals surface area contributed by atoms with Gasteiger partial charge in [-0.25, -0.2) is 4.98 Å². The van der Waals surface area contributed by atoms with Crippen molar-refractivity contribution in [2.24, 2.45) is 0 Å². The Morgan fingerprint density at radius 1 is 1.00 bits per heavy atom. The van der Waals surface area contributed by atoms with Crippen LogP contribution in [-0.4, -0.2) is 21.5 Å². The van der Waals surface area contributed by atoms with Crippen LogP contribution in [0.4, 0.5) is 17.5 Å². The van der Waals surface area contributed by atoms with E-state index in [2.05, 4.69) is 25.6 Å². The summed E-state index contributed by atoms with van der Waals surface area (Å²) in [7, 11) is 0. The van der Waals surface area contributed by atoms with Crippen LogP contribution in [0.3, 0.4) is 0 Å². The average molecular weight is 265 g/mol. The Hall–Kier alpha value is -2.69. The average Bonchev–Trinajstić information content (AvgIpc) is 2.48. The van der Waals surface area contributed by atoms with E-state index in [1.54, 1.807) is 12.4 Å². The fourth-order valence-corrected chi connectivity index (χ4v) is 2.01. The first-order valence-electron chi connectivity index (χ1n) is 6.54. The highest BCUT2D eigenvalue weighted by Crippen LogP contribution is 2.23. The Morgan fingerprint density at radius 2 is 1.90 bits per heavy atom. The number of hydrogen-bond donors (Lipinski definition) is 2. The summed E-state index contributed by atoms with van der Waals surface area (Å²) < 4.78 is 0. The van der Waals surface area contributed by atoms with Gasteiger partial charge in [0.15, 0.2) is 0 Å². The summed E-state index contributed by atoms with van der Waals surface area (Å²) in [5.41, 5.74) is 1.86. The van der Waals surface area contributed by atoms with Crippen molar-refractivity contribution in [3.63, 3.8) is 0 Å². The number of anilines is 3. The first-order valence-corrected chi connectivity index (χ1v) is 6.54. The van der Waals surface area contributed by atoms with Crippen LogP contribution in [0.5, 0.6) is 0 Å². The SMILES string of the molecule is CCNc1nccc(Nc2cccc3cccnc23)n1. The zero-order valence-electron chi connectivity index (χ0n) is 11.2. The monoisotopic (exact) mass is 265 g/mol. The molecule has 0 aliphatic carbocycles. The summed E-state index contributed by atoms with van der Waals surface area (Å²) in [4.78, 5) is 13.0. The standard InChI is InChI=1S/C15H15N5/c1-2-16-15-18-10-8-13(20-15)19-12-7-3-5-11-6-4-9-17-14(11)12/h3-10H,2H2,1H3,(H2,16,18,19,20). The molecule has 0 saturated carbocycles. The molecule has 5 nitrogen and oxygen atoms in total. The minimum Gasteiger partial charge on any atom is -0.354 e. The largest absolute Gasteiger partial charge is 0.354 e. The van der Waals surface area contributed by atoms with E-state index in [0.29, 0.717) is 5.95 Å². The third-order valence-electron chi connectivity index (χ3n) is 2.89. The lowest BCUT2D eigenvalue weighted by atomic mass is 10.2. The van der Waals surface area contributed by atoms with Crippen molar-refractivity contribution < 1.29 is 0 Å². The molecule has 2 N–H and O–H groups in total. The smallest absolute Gasteiger partial charge is 0.224 e. The van der Waals surface area contributed by atoms with E-state index in [1.807, 2.05) is 43.3 Å². The van der Waals surface area contributed by atoms with Crippen LogP contribution in [0.1, 0.15) is 6.92 Å². The first kappa shape index (κ1) is 12.3. The molecule has 0 atom stereocenters. The summed E-state index contributed by atoms with van der Waals surface area (Å²) >= 11 is 0. The summed E-state index contributed by atoms with van der Waals surface area (Å²) in [5, 5.41) is 7.48. The molecule has 0 unspecified atom stereocenters. The maximum Gasteiger partial charge on any atom is 0.224 e. The molecule has 0 saturated heterocycles. The molecule has 2 heterocycles. The van der Waals surface area contributed by atoms with Gasteiger partial charge in [-0.3, -0.25) is 4.98 Å². The van der Waals surface area contributed by atoms with Crippen LogP contribution in [-0.2, 0) is 0 Å². The van der Waals surface area contributed by atoms with Crippen LogP contribution in [0.25, 0.3) is 10.9 Å². The van der Waals surface area contributed by atoms with E-state index < -0.39 is 0 Å². The molecular formula is C15H15N5. The molecule has 0 fully saturated rings. The number of pyridine rings is 1. The Balaban J connectivity index is 1.95. The topological polar surface area (TPSA) is 62.7 Å². The Bertz CT molecular complexity index is 721. The highest BCUT2D eigenvalue weighted by molar-refractivity contribution is 5.91. The second-order valence-electron chi connectivity index (χ2n) is 4.30. The predicted octanol–water partition coefficient (Wildman–Crippen LogP) is 3.20. The highest BCUT2D eigenvalue weighted by Gasteiger charge is 2.03. The molecule has 0 bridgehead atoms. The Labute approximate surface area is 117 Å². The van der Waals surface area contributed by atoms with Gasteiger partial charge < -0.3 is 10.6 Å². The lowest BCUT2D eigenvalue weighted by Gasteiger charge is -2.09. The summed E-state index contributed by atoms with van der Waals surface area (Å²) in [6, 6.07) is 11.8. The molecule has 0 amide bonds. The second-order valence-corrected chi connectivity index (χ2v) is 4.30. The van der Waals surface area contributed by atoms with Gasteiger partial charge in [-0.15, -0.1) is 0 Å². The van der Waals surface area contributed by atoms with Crippen molar-refractivity contribution >= 4 is 28.4 Å². The number of nitrogens with one attached hydrogen (secondary N) is 2. The zero-order chi connectivity index (χ0) is 13.8. The predicted molar refractivity (Wildman–Crippen MR) is 81.2 cm³/mol. The second kappa shape index (κ2) is 5.52. The van der Waals surface area contributed by atoms with E-state index in [-0.39, 0.29) is 0 Å². The van der Waals surface area contributed by atoms with Gasteiger partial charge in [0.1, 0.15) is 5.82 Å². The zero-order valence-corrected chi connectivity index (χ0v) is 11.2. The quantitative estimate of drug-likeness (QED) is 0.758. The van der Waals surface area contributed by atoms with Gasteiger partial charge in [-0.2, -0.15) is 4.98 Å². The maximum atomic E-state index is 4.41. The third kappa shape index (κ3) is 2.51. The van der Waals surface area contributed by atoms with Crippen LogP contribution in [0.2, 0.25) is 0 Å². The summed E-state index contributed by atoms with van der Waals surface area (Å²) in [6.07, 6.45) is 3.52. The molecule has 20 heavy (non-hydrogen) atoms. The van der Waals surface area contributed by atoms with E-state index in [0.717, 1.165) is 29.0 Å². The molecule has 3 aromatic rings. The van der Waals surface area contributed by atoms with E-state index >= 15 is 0 Å².